The van der Waals surface area contributed by atoms with E-state index in [1.807, 2.05) is 24.4 Å². The Morgan fingerprint density at radius 2 is 2.07 bits per heavy atom. The summed E-state index contributed by atoms with van der Waals surface area (Å²) in [6, 6.07) is 6.64. The highest BCUT2D eigenvalue weighted by Crippen LogP contribution is 2.31. The van der Waals surface area contributed by atoms with Crippen LogP contribution in [0.1, 0.15) is 54.4 Å². The number of thiophene rings is 1. The largest absolute Gasteiger partial charge is 0.347 e. The van der Waals surface area contributed by atoms with Crippen LogP contribution in [0.5, 0.6) is 0 Å². The fourth-order valence-corrected chi connectivity index (χ4v) is 4.73. The van der Waals surface area contributed by atoms with Gasteiger partial charge in [-0.15, -0.1) is 11.3 Å². The first-order chi connectivity index (χ1) is 14.4. The monoisotopic (exact) mass is 427 g/mol. The molecule has 0 saturated carbocycles. The highest BCUT2D eigenvalue weighted by molar-refractivity contribution is 7.10. The van der Waals surface area contributed by atoms with Crippen LogP contribution in [0.3, 0.4) is 0 Å². The van der Waals surface area contributed by atoms with Gasteiger partial charge in [0.2, 0.25) is 11.8 Å². The number of rotatable bonds is 4. The molecule has 3 N–H and O–H groups in total. The van der Waals surface area contributed by atoms with Crippen molar-refractivity contribution in [3.8, 4) is 0 Å². The molecule has 2 aromatic heterocycles. The van der Waals surface area contributed by atoms with E-state index in [0.29, 0.717) is 30.8 Å². The first-order valence-corrected chi connectivity index (χ1v) is 11.0. The highest BCUT2D eigenvalue weighted by Gasteiger charge is 2.42. The maximum atomic E-state index is 12.8. The van der Waals surface area contributed by atoms with Crippen molar-refractivity contribution in [2.24, 2.45) is 0 Å². The Morgan fingerprint density at radius 3 is 2.83 bits per heavy atom. The van der Waals surface area contributed by atoms with E-state index < -0.39 is 11.7 Å². The maximum absolute atomic E-state index is 12.8. The Kier molecular flexibility index (Phi) is 5.46. The number of amides is 3. The molecule has 4 rings (SSSR count). The molecule has 30 heavy (non-hydrogen) atoms. The van der Waals surface area contributed by atoms with E-state index in [-0.39, 0.29) is 30.2 Å². The van der Waals surface area contributed by atoms with Crippen LogP contribution in [0, 0.1) is 0 Å². The predicted octanol–water partition coefficient (Wildman–Crippen LogP) is 2.27. The minimum Gasteiger partial charge on any atom is -0.347 e. The summed E-state index contributed by atoms with van der Waals surface area (Å²) in [5.41, 5.74) is -0.255. The van der Waals surface area contributed by atoms with E-state index in [2.05, 4.69) is 20.9 Å². The van der Waals surface area contributed by atoms with Crippen LogP contribution in [-0.4, -0.2) is 45.9 Å². The fraction of sp³-hybridized carbons (Fsp3) is 0.429. The fourth-order valence-electron chi connectivity index (χ4n) is 4.00. The number of nitrogens with zero attached hydrogens (tertiary/aromatic N) is 2. The van der Waals surface area contributed by atoms with Crippen molar-refractivity contribution in [1.82, 2.24) is 20.5 Å². The van der Waals surface area contributed by atoms with Crippen LogP contribution in [0.25, 0.3) is 0 Å². The molecule has 8 nitrogen and oxygen atoms in total. The molecule has 1 fully saturated rings. The molecule has 2 aromatic rings. The van der Waals surface area contributed by atoms with E-state index >= 15 is 0 Å². The van der Waals surface area contributed by atoms with E-state index in [1.54, 1.807) is 41.5 Å². The molecule has 3 atom stereocenters. The van der Waals surface area contributed by atoms with E-state index in [4.69, 9.17) is 0 Å². The lowest BCUT2D eigenvalue weighted by atomic mass is 9.97. The summed E-state index contributed by atoms with van der Waals surface area (Å²) in [5, 5.41) is 11.3. The van der Waals surface area contributed by atoms with Gasteiger partial charge in [0.15, 0.2) is 0 Å². The molecular weight excluding hydrogens is 402 g/mol. The zero-order valence-electron chi connectivity index (χ0n) is 17.0. The average Bonchev–Trinajstić information content (AvgIpc) is 3.22. The lowest BCUT2D eigenvalue weighted by Gasteiger charge is -2.39. The van der Waals surface area contributed by atoms with Gasteiger partial charge in [-0.2, -0.15) is 0 Å². The summed E-state index contributed by atoms with van der Waals surface area (Å²) in [6.45, 7) is 4.04. The quantitative estimate of drug-likeness (QED) is 0.695. The standard InChI is InChI=1S/C21H25N5O3S/c1-13(16-6-4-12-30-16)23-19(28)14(2)26-11-9-21(8-7-17(26)27)24-18-15(20(29)25-21)5-3-10-22-18/h3-6,10,12-14H,7-9,11H2,1-2H3,(H,22,24)(H,23,28)(H,25,29)/t13-,14+,21+/m0/s1. The molecule has 0 radical (unpaired) electrons. The zero-order chi connectivity index (χ0) is 21.3. The second kappa shape index (κ2) is 8.06. The molecule has 9 heteroatoms. The predicted molar refractivity (Wildman–Crippen MR) is 114 cm³/mol. The van der Waals surface area contributed by atoms with E-state index in [9.17, 15) is 14.4 Å². The van der Waals surface area contributed by atoms with E-state index in [0.717, 1.165) is 4.88 Å². The highest BCUT2D eigenvalue weighted by atomic mass is 32.1. The first kappa shape index (κ1) is 20.3. The number of hydrogen-bond donors (Lipinski definition) is 3. The van der Waals surface area contributed by atoms with E-state index in [1.165, 1.54) is 0 Å². The summed E-state index contributed by atoms with van der Waals surface area (Å²) < 4.78 is 0. The third-order valence-electron chi connectivity index (χ3n) is 5.80. The van der Waals surface area contributed by atoms with Crippen molar-refractivity contribution >= 4 is 34.9 Å². The third kappa shape index (κ3) is 3.89. The maximum Gasteiger partial charge on any atom is 0.256 e. The molecule has 3 amide bonds. The number of hydrogen-bond acceptors (Lipinski definition) is 6. The molecule has 0 aliphatic carbocycles. The summed E-state index contributed by atoms with van der Waals surface area (Å²) in [6.07, 6.45) is 2.78. The average molecular weight is 428 g/mol. The molecule has 1 spiro atoms. The van der Waals surface area contributed by atoms with Crippen LogP contribution >= 0.6 is 11.3 Å². The summed E-state index contributed by atoms with van der Waals surface area (Å²) in [4.78, 5) is 45.1. The Bertz CT molecular complexity index is 963. The van der Waals surface area contributed by atoms with Gasteiger partial charge in [-0.3, -0.25) is 14.4 Å². The molecule has 0 aromatic carbocycles. The van der Waals surface area contributed by atoms with Crippen molar-refractivity contribution in [1.29, 1.82) is 0 Å². The molecule has 0 unspecified atom stereocenters. The number of anilines is 1. The van der Waals surface area contributed by atoms with Crippen LogP contribution < -0.4 is 16.0 Å². The molecule has 0 bridgehead atoms. The van der Waals surface area contributed by atoms with Gasteiger partial charge >= 0.3 is 0 Å². The van der Waals surface area contributed by atoms with Gasteiger partial charge in [0.1, 0.15) is 17.5 Å². The minimum atomic E-state index is -0.747. The number of fused-ring (bicyclic) bond motifs is 1. The summed E-state index contributed by atoms with van der Waals surface area (Å²) >= 11 is 1.58. The van der Waals surface area contributed by atoms with Gasteiger partial charge in [0.25, 0.3) is 5.91 Å². The van der Waals surface area contributed by atoms with Crippen molar-refractivity contribution < 1.29 is 14.4 Å². The number of likely N-dealkylation sites (tertiary alicyclic amines) is 1. The van der Waals surface area contributed by atoms with Crippen molar-refractivity contribution in [2.45, 2.75) is 50.9 Å². The van der Waals surface area contributed by atoms with Crippen LogP contribution in [0.2, 0.25) is 0 Å². The van der Waals surface area contributed by atoms with Crippen LogP contribution in [0.15, 0.2) is 35.8 Å². The first-order valence-electron chi connectivity index (χ1n) is 10.1. The molecule has 4 heterocycles. The van der Waals surface area contributed by atoms with Crippen molar-refractivity contribution in [2.75, 3.05) is 11.9 Å². The summed E-state index contributed by atoms with van der Waals surface area (Å²) in [5.74, 6) is 0.0417. The van der Waals surface area contributed by atoms with Crippen LogP contribution in [0.4, 0.5) is 5.82 Å². The normalized spacial score (nSPS) is 23.1. The van der Waals surface area contributed by atoms with Crippen molar-refractivity contribution in [3.05, 3.63) is 46.3 Å². The van der Waals surface area contributed by atoms with Gasteiger partial charge in [0, 0.05) is 30.5 Å². The number of carbonyl (C=O) groups excluding carboxylic acids is 3. The SMILES string of the molecule is C[C@H](NC(=O)[C@@H](C)N1CC[C@@]2(CCC1=O)NC(=O)c1cccnc1N2)c1cccs1. The van der Waals surface area contributed by atoms with Gasteiger partial charge in [0.05, 0.1) is 11.6 Å². The lowest BCUT2D eigenvalue weighted by Crippen LogP contribution is -2.58. The number of nitrogens with one attached hydrogen (secondary N) is 3. The Balaban J connectivity index is 1.45. The summed E-state index contributed by atoms with van der Waals surface area (Å²) in [7, 11) is 0. The van der Waals surface area contributed by atoms with Crippen molar-refractivity contribution in [3.63, 3.8) is 0 Å². The molecular formula is C21H25N5O3S. The molecule has 158 valence electrons. The Hall–Kier alpha value is -2.94. The second-order valence-corrected chi connectivity index (χ2v) is 8.80. The topological polar surface area (TPSA) is 103 Å². The van der Waals surface area contributed by atoms with Gasteiger partial charge in [-0.1, -0.05) is 6.07 Å². The minimum absolute atomic E-state index is 0.0961. The molecule has 2 aliphatic heterocycles. The van der Waals surface area contributed by atoms with Gasteiger partial charge < -0.3 is 20.9 Å². The smallest absolute Gasteiger partial charge is 0.256 e. The lowest BCUT2D eigenvalue weighted by molar-refractivity contribution is -0.139. The Labute approximate surface area is 179 Å². The number of aromatic nitrogens is 1. The van der Waals surface area contributed by atoms with Gasteiger partial charge in [-0.05, 0) is 43.8 Å². The zero-order valence-corrected chi connectivity index (χ0v) is 17.8. The second-order valence-electron chi connectivity index (χ2n) is 7.82. The number of pyridine rings is 1. The van der Waals surface area contributed by atoms with Gasteiger partial charge in [-0.25, -0.2) is 4.98 Å². The molecule has 1 saturated heterocycles. The Morgan fingerprint density at radius 1 is 1.23 bits per heavy atom. The molecule has 2 aliphatic rings. The van der Waals surface area contributed by atoms with Crippen LogP contribution in [-0.2, 0) is 9.59 Å². The number of carbonyl (C=O) groups is 3. The third-order valence-corrected chi connectivity index (χ3v) is 6.86.